The van der Waals surface area contributed by atoms with Crippen molar-refractivity contribution in [3.8, 4) is 0 Å². The molecule has 0 fully saturated rings. The van der Waals surface area contributed by atoms with Gasteiger partial charge in [0.1, 0.15) is 0 Å². The Balaban J connectivity index is 1.51. The first kappa shape index (κ1) is 21.4. The maximum absolute atomic E-state index is 14.4. The molecule has 4 aromatic rings. The summed E-state index contributed by atoms with van der Waals surface area (Å²) in [5, 5.41) is 0. The summed E-state index contributed by atoms with van der Waals surface area (Å²) in [7, 11) is 0. The molecule has 2 amide bonds. The Kier molecular flexibility index (Phi) is 4.85. The van der Waals surface area contributed by atoms with Crippen molar-refractivity contribution in [2.75, 3.05) is 9.80 Å². The van der Waals surface area contributed by atoms with E-state index in [0.29, 0.717) is 13.1 Å². The van der Waals surface area contributed by atoms with Gasteiger partial charge in [-0.3, -0.25) is 9.59 Å². The lowest BCUT2D eigenvalue weighted by Gasteiger charge is -2.25. The minimum atomic E-state index is -1.36. The summed E-state index contributed by atoms with van der Waals surface area (Å²) in [6.45, 7) is 4.96. The second-order valence-corrected chi connectivity index (χ2v) is 9.42. The van der Waals surface area contributed by atoms with Gasteiger partial charge in [-0.05, 0) is 48.2 Å². The molecule has 0 atom stereocenters. The summed E-state index contributed by atoms with van der Waals surface area (Å²) in [6.07, 6.45) is 0. The number of aryl methyl sites for hydroxylation is 2. The van der Waals surface area contributed by atoms with Gasteiger partial charge in [0, 0.05) is 22.5 Å². The molecule has 35 heavy (non-hydrogen) atoms. The van der Waals surface area contributed by atoms with Crippen molar-refractivity contribution in [3.63, 3.8) is 0 Å². The summed E-state index contributed by atoms with van der Waals surface area (Å²) in [6, 6.07) is 31.7. The largest absolute Gasteiger partial charge is 0.306 e. The molecule has 4 aromatic carbocycles. The Morgan fingerprint density at radius 1 is 0.543 bits per heavy atom. The van der Waals surface area contributed by atoms with E-state index in [2.05, 4.69) is 26.0 Å². The molecule has 0 bridgehead atoms. The summed E-state index contributed by atoms with van der Waals surface area (Å²) >= 11 is 0. The first-order chi connectivity index (χ1) is 17.0. The van der Waals surface area contributed by atoms with Crippen LogP contribution < -0.4 is 9.80 Å². The smallest absolute Gasteiger partial charge is 0.252 e. The molecule has 0 saturated heterocycles. The fourth-order valence-corrected chi connectivity index (χ4v) is 5.60. The second kappa shape index (κ2) is 7.95. The number of amides is 2. The highest BCUT2D eigenvalue weighted by Crippen LogP contribution is 2.54. The van der Waals surface area contributed by atoms with Gasteiger partial charge in [-0.25, -0.2) is 0 Å². The van der Waals surface area contributed by atoms with Crippen LogP contribution in [0, 0.1) is 13.8 Å². The third kappa shape index (κ3) is 2.99. The van der Waals surface area contributed by atoms with Crippen LogP contribution in [0.2, 0.25) is 0 Å². The zero-order valence-corrected chi connectivity index (χ0v) is 19.9. The summed E-state index contributed by atoms with van der Waals surface area (Å²) < 4.78 is 0. The first-order valence-corrected chi connectivity index (χ1v) is 12.0. The highest BCUT2D eigenvalue weighted by Gasteiger charge is 2.63. The van der Waals surface area contributed by atoms with E-state index in [0.717, 1.165) is 44.8 Å². The summed E-state index contributed by atoms with van der Waals surface area (Å²) in [5.41, 5.74) is 6.18. The molecule has 0 aliphatic carbocycles. The van der Waals surface area contributed by atoms with E-state index in [-0.39, 0.29) is 11.8 Å². The molecule has 6 rings (SSSR count). The Morgan fingerprint density at radius 3 is 1.34 bits per heavy atom. The molecule has 0 N–H and O–H groups in total. The number of carbonyl (C=O) groups excluding carboxylic acids is 2. The number of para-hydroxylation sites is 2. The highest BCUT2D eigenvalue weighted by molar-refractivity contribution is 6.31. The van der Waals surface area contributed by atoms with Crippen LogP contribution in [0.4, 0.5) is 11.4 Å². The molecule has 0 radical (unpaired) electrons. The maximum atomic E-state index is 14.4. The second-order valence-electron chi connectivity index (χ2n) is 9.42. The van der Waals surface area contributed by atoms with Crippen molar-refractivity contribution in [3.05, 3.63) is 130 Å². The van der Waals surface area contributed by atoms with Gasteiger partial charge < -0.3 is 9.80 Å². The molecule has 2 aliphatic rings. The van der Waals surface area contributed by atoms with Crippen molar-refractivity contribution in [2.45, 2.75) is 32.4 Å². The molecular formula is C31H26N2O2. The fourth-order valence-electron chi connectivity index (χ4n) is 5.60. The summed E-state index contributed by atoms with van der Waals surface area (Å²) in [4.78, 5) is 32.4. The number of hydrogen-bond acceptors (Lipinski definition) is 2. The van der Waals surface area contributed by atoms with Crippen LogP contribution in [0.3, 0.4) is 0 Å². The molecule has 172 valence electrons. The monoisotopic (exact) mass is 458 g/mol. The molecule has 0 saturated carbocycles. The van der Waals surface area contributed by atoms with Crippen LogP contribution in [0.25, 0.3) is 0 Å². The third-order valence-corrected chi connectivity index (χ3v) is 7.51. The van der Waals surface area contributed by atoms with Gasteiger partial charge in [-0.2, -0.15) is 0 Å². The minimum Gasteiger partial charge on any atom is -0.306 e. The lowest BCUT2D eigenvalue weighted by atomic mass is 9.76. The van der Waals surface area contributed by atoms with Crippen LogP contribution in [0.1, 0.15) is 33.4 Å². The first-order valence-electron chi connectivity index (χ1n) is 12.0. The maximum Gasteiger partial charge on any atom is 0.252 e. The van der Waals surface area contributed by atoms with E-state index in [9.17, 15) is 9.59 Å². The van der Waals surface area contributed by atoms with E-state index < -0.39 is 5.41 Å². The number of hydrogen-bond donors (Lipinski definition) is 0. The number of benzene rings is 4. The Hall–Kier alpha value is -4.18. The summed E-state index contributed by atoms with van der Waals surface area (Å²) in [5.74, 6) is -0.349. The molecule has 0 aromatic heterocycles. The third-order valence-electron chi connectivity index (χ3n) is 7.51. The van der Waals surface area contributed by atoms with Crippen LogP contribution >= 0.6 is 0 Å². The number of carbonyl (C=O) groups is 2. The van der Waals surface area contributed by atoms with E-state index in [4.69, 9.17) is 0 Å². The van der Waals surface area contributed by atoms with Crippen LogP contribution in [0.15, 0.2) is 97.1 Å². The fraction of sp³-hybridized carbons (Fsp3) is 0.161. The molecule has 1 spiro atoms. The molecule has 0 unspecified atom stereocenters. The van der Waals surface area contributed by atoms with E-state index in [1.807, 2.05) is 84.9 Å². The lowest BCUT2D eigenvalue weighted by Crippen LogP contribution is -2.48. The molecule has 4 nitrogen and oxygen atoms in total. The quantitative estimate of drug-likeness (QED) is 0.369. The molecule has 4 heteroatoms. The van der Waals surface area contributed by atoms with E-state index in [1.165, 1.54) is 0 Å². The number of rotatable bonds is 4. The van der Waals surface area contributed by atoms with Crippen molar-refractivity contribution in [1.82, 2.24) is 0 Å². The average Bonchev–Trinajstić information content (AvgIpc) is 3.27. The zero-order chi connectivity index (χ0) is 24.2. The van der Waals surface area contributed by atoms with E-state index in [1.54, 1.807) is 9.80 Å². The van der Waals surface area contributed by atoms with Crippen LogP contribution in [0.5, 0.6) is 0 Å². The predicted molar refractivity (Wildman–Crippen MR) is 138 cm³/mol. The van der Waals surface area contributed by atoms with Gasteiger partial charge in [0.25, 0.3) is 11.8 Å². The van der Waals surface area contributed by atoms with Gasteiger partial charge in [0.05, 0.1) is 13.1 Å². The van der Waals surface area contributed by atoms with Crippen LogP contribution in [-0.4, -0.2) is 11.8 Å². The van der Waals surface area contributed by atoms with Gasteiger partial charge in [0.15, 0.2) is 5.41 Å². The zero-order valence-electron chi connectivity index (χ0n) is 19.9. The standard InChI is InChI=1S/C31H26N2O2/c1-21-11-3-5-13-23(21)19-32-27-17-9-7-15-25(27)31(29(32)34)26-16-8-10-18-28(26)33(30(31)35)20-24-14-6-4-12-22(24)2/h3-18H,19-20H2,1-2H3. The van der Waals surface area contributed by atoms with Crippen molar-refractivity contribution in [2.24, 2.45) is 0 Å². The van der Waals surface area contributed by atoms with Crippen molar-refractivity contribution in [1.29, 1.82) is 0 Å². The Bertz CT molecular complexity index is 1380. The van der Waals surface area contributed by atoms with Gasteiger partial charge >= 0.3 is 0 Å². The van der Waals surface area contributed by atoms with Crippen molar-refractivity contribution < 1.29 is 9.59 Å². The Morgan fingerprint density at radius 2 is 0.914 bits per heavy atom. The minimum absolute atomic E-state index is 0.174. The normalized spacial score (nSPS) is 15.6. The topological polar surface area (TPSA) is 40.6 Å². The molecule has 2 aliphatic heterocycles. The Labute approximate surface area is 205 Å². The average molecular weight is 459 g/mol. The van der Waals surface area contributed by atoms with Gasteiger partial charge in [-0.15, -0.1) is 0 Å². The predicted octanol–water partition coefficient (Wildman–Crippen LogP) is 5.68. The van der Waals surface area contributed by atoms with Crippen molar-refractivity contribution >= 4 is 23.2 Å². The molecule has 2 heterocycles. The molecular weight excluding hydrogens is 432 g/mol. The number of anilines is 2. The van der Waals surface area contributed by atoms with Crippen LogP contribution in [-0.2, 0) is 28.1 Å². The SMILES string of the molecule is Cc1ccccc1CN1C(=O)C2(C(=O)N(Cc3ccccc3C)c3ccccc32)c2ccccc21. The van der Waals surface area contributed by atoms with Gasteiger partial charge in [0.2, 0.25) is 0 Å². The highest BCUT2D eigenvalue weighted by atomic mass is 16.2. The lowest BCUT2D eigenvalue weighted by molar-refractivity contribution is -0.131. The number of nitrogens with zero attached hydrogens (tertiary/aromatic N) is 2. The number of fused-ring (bicyclic) bond motifs is 4. The van der Waals surface area contributed by atoms with Gasteiger partial charge in [-0.1, -0.05) is 84.9 Å². The van der Waals surface area contributed by atoms with E-state index >= 15 is 0 Å².